The lowest BCUT2D eigenvalue weighted by Gasteiger charge is -2.17. The molecule has 0 aliphatic heterocycles. The molecule has 13 heavy (non-hydrogen) atoms. The first-order valence-corrected chi connectivity index (χ1v) is 4.50. The third-order valence-corrected chi connectivity index (χ3v) is 1.95. The minimum Gasteiger partial charge on any atom is -0.487 e. The van der Waals surface area contributed by atoms with E-state index in [2.05, 4.69) is 4.98 Å². The van der Waals surface area contributed by atoms with Gasteiger partial charge in [-0.05, 0) is 13.8 Å². The summed E-state index contributed by atoms with van der Waals surface area (Å²) in [6.45, 7) is 3.80. The van der Waals surface area contributed by atoms with Crippen LogP contribution in [0.3, 0.4) is 0 Å². The van der Waals surface area contributed by atoms with E-state index in [-0.39, 0.29) is 12.1 Å². The van der Waals surface area contributed by atoms with Gasteiger partial charge < -0.3 is 10.5 Å². The maximum Gasteiger partial charge on any atom is 0.139 e. The zero-order valence-corrected chi connectivity index (χ0v) is 8.45. The molecule has 0 bridgehead atoms. The number of halogens is 1. The maximum atomic E-state index is 5.73. The quantitative estimate of drug-likeness (QED) is 0.810. The fourth-order valence-electron chi connectivity index (χ4n) is 0.779. The molecule has 1 heterocycles. The molecule has 4 heteroatoms. The van der Waals surface area contributed by atoms with Crippen LogP contribution in [0.15, 0.2) is 18.5 Å². The highest BCUT2D eigenvalue weighted by Gasteiger charge is 2.08. The van der Waals surface area contributed by atoms with Gasteiger partial charge in [-0.2, -0.15) is 0 Å². The smallest absolute Gasteiger partial charge is 0.139 e. The Kier molecular flexibility index (Phi) is 3.51. The van der Waals surface area contributed by atoms with Crippen molar-refractivity contribution in [3.63, 3.8) is 0 Å². The summed E-state index contributed by atoms with van der Waals surface area (Å²) in [6, 6.07) is 1.70. The van der Waals surface area contributed by atoms with Gasteiger partial charge in [-0.25, -0.2) is 0 Å². The topological polar surface area (TPSA) is 48.1 Å². The highest BCUT2D eigenvalue weighted by atomic mass is 35.5. The molecule has 0 radical (unpaired) electrons. The number of ether oxygens (including phenoxy) is 1. The van der Waals surface area contributed by atoms with E-state index in [9.17, 15) is 0 Å². The fourth-order valence-corrected chi connectivity index (χ4v) is 0.943. The molecular weight excluding hydrogens is 188 g/mol. The lowest BCUT2D eigenvalue weighted by molar-refractivity contribution is 0.196. The van der Waals surface area contributed by atoms with Crippen molar-refractivity contribution in [1.82, 2.24) is 4.98 Å². The van der Waals surface area contributed by atoms with Gasteiger partial charge in [0.2, 0.25) is 0 Å². The standard InChI is InChI=1S/C9H13ClN2O/c1-6(11)7(2)13-9-3-8(10)4-12-5-9/h3-7H,11H2,1-2H3. The van der Waals surface area contributed by atoms with Crippen molar-refractivity contribution in [2.75, 3.05) is 0 Å². The molecule has 0 fully saturated rings. The Morgan fingerprint density at radius 1 is 1.46 bits per heavy atom. The first-order valence-electron chi connectivity index (χ1n) is 4.12. The summed E-state index contributed by atoms with van der Waals surface area (Å²) in [5.41, 5.74) is 5.64. The van der Waals surface area contributed by atoms with E-state index in [1.165, 1.54) is 0 Å². The lowest BCUT2D eigenvalue weighted by atomic mass is 10.2. The zero-order valence-electron chi connectivity index (χ0n) is 7.70. The van der Waals surface area contributed by atoms with E-state index >= 15 is 0 Å². The molecule has 72 valence electrons. The Bertz CT molecular complexity index is 278. The van der Waals surface area contributed by atoms with Crippen molar-refractivity contribution in [1.29, 1.82) is 0 Å². The minimum absolute atomic E-state index is 0.0148. The second-order valence-electron chi connectivity index (χ2n) is 3.02. The first kappa shape index (κ1) is 10.3. The summed E-state index contributed by atoms with van der Waals surface area (Å²) < 4.78 is 5.48. The summed E-state index contributed by atoms with van der Waals surface area (Å²) in [4.78, 5) is 3.90. The van der Waals surface area contributed by atoms with Crippen molar-refractivity contribution >= 4 is 11.6 Å². The van der Waals surface area contributed by atoms with Crippen LogP contribution in [0.1, 0.15) is 13.8 Å². The largest absolute Gasteiger partial charge is 0.487 e. The van der Waals surface area contributed by atoms with Crippen molar-refractivity contribution < 1.29 is 4.74 Å². The van der Waals surface area contributed by atoms with Crippen molar-refractivity contribution in [2.45, 2.75) is 26.0 Å². The Balaban J connectivity index is 2.64. The molecule has 1 aromatic rings. The van der Waals surface area contributed by atoms with Gasteiger partial charge in [-0.1, -0.05) is 11.6 Å². The van der Waals surface area contributed by atoms with Crippen LogP contribution in [0.4, 0.5) is 0 Å². The van der Waals surface area contributed by atoms with Crippen LogP contribution in [0, 0.1) is 0 Å². The maximum absolute atomic E-state index is 5.73. The van der Waals surface area contributed by atoms with Crippen molar-refractivity contribution in [2.24, 2.45) is 5.73 Å². The molecule has 2 unspecified atom stereocenters. The third-order valence-electron chi connectivity index (χ3n) is 1.74. The van der Waals surface area contributed by atoms with Gasteiger partial charge in [0, 0.05) is 18.3 Å². The van der Waals surface area contributed by atoms with Gasteiger partial charge >= 0.3 is 0 Å². The minimum atomic E-state index is -0.0414. The number of nitrogens with two attached hydrogens (primary N) is 1. The SMILES string of the molecule is CC(N)C(C)Oc1cncc(Cl)c1. The van der Waals surface area contributed by atoms with E-state index < -0.39 is 0 Å². The van der Waals surface area contributed by atoms with Gasteiger partial charge in [0.25, 0.3) is 0 Å². The summed E-state index contributed by atoms with van der Waals surface area (Å²) >= 11 is 5.73. The highest BCUT2D eigenvalue weighted by Crippen LogP contribution is 2.16. The molecule has 0 amide bonds. The Morgan fingerprint density at radius 3 is 2.69 bits per heavy atom. The zero-order chi connectivity index (χ0) is 9.84. The Hall–Kier alpha value is -0.800. The second kappa shape index (κ2) is 4.44. The molecule has 0 saturated carbocycles. The molecule has 1 rings (SSSR count). The lowest BCUT2D eigenvalue weighted by Crippen LogP contribution is -2.33. The number of pyridine rings is 1. The van der Waals surface area contributed by atoms with Crippen LogP contribution in [0.2, 0.25) is 5.02 Å². The number of aromatic nitrogens is 1. The summed E-state index contributed by atoms with van der Waals surface area (Å²) in [5.74, 6) is 0.650. The van der Waals surface area contributed by atoms with Crippen LogP contribution >= 0.6 is 11.6 Å². The first-order chi connectivity index (χ1) is 6.09. The molecular formula is C9H13ClN2O. The van der Waals surface area contributed by atoms with Gasteiger partial charge in [0.15, 0.2) is 0 Å². The van der Waals surface area contributed by atoms with E-state index in [1.807, 2.05) is 13.8 Å². The van der Waals surface area contributed by atoms with Crippen LogP contribution in [0.5, 0.6) is 5.75 Å². The van der Waals surface area contributed by atoms with E-state index in [1.54, 1.807) is 18.5 Å². The molecule has 2 N–H and O–H groups in total. The molecule has 3 nitrogen and oxygen atoms in total. The average molecular weight is 201 g/mol. The number of nitrogens with zero attached hydrogens (tertiary/aromatic N) is 1. The van der Waals surface area contributed by atoms with Gasteiger partial charge in [-0.15, -0.1) is 0 Å². The summed E-state index contributed by atoms with van der Waals surface area (Å²) in [6.07, 6.45) is 3.13. The highest BCUT2D eigenvalue weighted by molar-refractivity contribution is 6.30. The van der Waals surface area contributed by atoms with E-state index in [0.29, 0.717) is 10.8 Å². The van der Waals surface area contributed by atoms with Gasteiger partial charge in [0.05, 0.1) is 11.2 Å². The van der Waals surface area contributed by atoms with Crippen LogP contribution in [-0.4, -0.2) is 17.1 Å². The van der Waals surface area contributed by atoms with Crippen LogP contribution < -0.4 is 10.5 Å². The molecule has 0 aliphatic rings. The normalized spacial score (nSPS) is 15.1. The molecule has 0 saturated heterocycles. The molecule has 0 spiro atoms. The van der Waals surface area contributed by atoms with E-state index in [0.717, 1.165) is 0 Å². The Labute approximate surface area is 82.9 Å². The predicted octanol–water partition coefficient (Wildman–Crippen LogP) is 1.85. The van der Waals surface area contributed by atoms with Crippen molar-refractivity contribution in [3.8, 4) is 5.75 Å². The van der Waals surface area contributed by atoms with Crippen LogP contribution in [-0.2, 0) is 0 Å². The monoisotopic (exact) mass is 200 g/mol. The summed E-state index contributed by atoms with van der Waals surface area (Å²) in [5, 5.41) is 0.564. The second-order valence-corrected chi connectivity index (χ2v) is 3.46. The fraction of sp³-hybridized carbons (Fsp3) is 0.444. The molecule has 0 aromatic carbocycles. The molecule has 1 aromatic heterocycles. The average Bonchev–Trinajstić information content (AvgIpc) is 2.04. The number of hydrogen-bond acceptors (Lipinski definition) is 3. The van der Waals surface area contributed by atoms with Crippen LogP contribution in [0.25, 0.3) is 0 Å². The van der Waals surface area contributed by atoms with E-state index in [4.69, 9.17) is 22.1 Å². The number of rotatable bonds is 3. The van der Waals surface area contributed by atoms with Crippen molar-refractivity contribution in [3.05, 3.63) is 23.5 Å². The third kappa shape index (κ3) is 3.20. The van der Waals surface area contributed by atoms with Gasteiger partial charge in [-0.3, -0.25) is 4.98 Å². The molecule has 2 atom stereocenters. The Morgan fingerprint density at radius 2 is 2.15 bits per heavy atom. The summed E-state index contributed by atoms with van der Waals surface area (Å²) in [7, 11) is 0. The number of hydrogen-bond donors (Lipinski definition) is 1. The predicted molar refractivity (Wildman–Crippen MR) is 53.0 cm³/mol. The van der Waals surface area contributed by atoms with Gasteiger partial charge in [0.1, 0.15) is 11.9 Å². The molecule has 0 aliphatic carbocycles.